The van der Waals surface area contributed by atoms with Crippen LogP contribution in [0.1, 0.15) is 32.7 Å². The number of morpholine rings is 1. The second-order valence-electron chi connectivity index (χ2n) is 6.67. The summed E-state index contributed by atoms with van der Waals surface area (Å²) in [4.78, 5) is 29.4. The van der Waals surface area contributed by atoms with Gasteiger partial charge in [-0.2, -0.15) is 0 Å². The Kier molecular flexibility index (Phi) is 4.71. The number of benzene rings is 2. The fraction of sp³-hybridized carbons (Fsp3) is 0.333. The molecule has 0 N–H and O–H groups in total. The largest absolute Gasteiger partial charge is 0.378 e. The molecule has 0 aromatic heterocycles. The Bertz CT molecular complexity index is 828. The van der Waals surface area contributed by atoms with Crippen LogP contribution in [0, 0.1) is 0 Å². The summed E-state index contributed by atoms with van der Waals surface area (Å²) in [7, 11) is 0. The van der Waals surface area contributed by atoms with E-state index in [1.54, 1.807) is 29.2 Å². The van der Waals surface area contributed by atoms with Crippen LogP contribution in [-0.2, 0) is 11.2 Å². The molecule has 2 aliphatic heterocycles. The molecule has 26 heavy (non-hydrogen) atoms. The smallest absolute Gasteiger partial charge is 0.258 e. The van der Waals surface area contributed by atoms with Gasteiger partial charge in [-0.3, -0.25) is 9.59 Å². The first kappa shape index (κ1) is 16.8. The number of nitrogens with zero attached hydrogens (tertiary/aromatic N) is 2. The van der Waals surface area contributed by atoms with Gasteiger partial charge in [0, 0.05) is 36.4 Å². The highest BCUT2D eigenvalue weighted by Gasteiger charge is 2.25. The van der Waals surface area contributed by atoms with Crippen LogP contribution >= 0.6 is 0 Å². The quantitative estimate of drug-likeness (QED) is 0.837. The lowest BCUT2D eigenvalue weighted by atomic mass is 10.0. The fourth-order valence-corrected chi connectivity index (χ4v) is 3.63. The average molecular weight is 350 g/mol. The third-order valence-corrected chi connectivity index (χ3v) is 5.01. The number of ether oxygens (including phenoxy) is 1. The van der Waals surface area contributed by atoms with Gasteiger partial charge >= 0.3 is 0 Å². The highest BCUT2D eigenvalue weighted by Crippen LogP contribution is 2.28. The lowest BCUT2D eigenvalue weighted by molar-refractivity contribution is 0.0303. The van der Waals surface area contributed by atoms with E-state index in [4.69, 9.17) is 4.74 Å². The monoisotopic (exact) mass is 350 g/mol. The van der Waals surface area contributed by atoms with Gasteiger partial charge in [0.1, 0.15) is 0 Å². The highest BCUT2D eigenvalue weighted by atomic mass is 16.5. The Morgan fingerprint density at radius 3 is 2.38 bits per heavy atom. The summed E-state index contributed by atoms with van der Waals surface area (Å²) < 4.78 is 5.31. The molecule has 4 rings (SSSR count). The summed E-state index contributed by atoms with van der Waals surface area (Å²) >= 11 is 0. The van der Waals surface area contributed by atoms with Gasteiger partial charge in [-0.1, -0.05) is 24.3 Å². The molecule has 2 heterocycles. The van der Waals surface area contributed by atoms with E-state index in [1.807, 2.05) is 23.1 Å². The molecule has 1 saturated heterocycles. The van der Waals surface area contributed by atoms with Gasteiger partial charge in [-0.05, 0) is 42.7 Å². The first-order valence-electron chi connectivity index (χ1n) is 9.11. The number of fused-ring (bicyclic) bond motifs is 1. The zero-order valence-electron chi connectivity index (χ0n) is 14.7. The highest BCUT2D eigenvalue weighted by molar-refractivity contribution is 6.08. The van der Waals surface area contributed by atoms with Crippen LogP contribution in [0.5, 0.6) is 0 Å². The van der Waals surface area contributed by atoms with Gasteiger partial charge in [0.2, 0.25) is 0 Å². The van der Waals surface area contributed by atoms with Gasteiger partial charge in [0.15, 0.2) is 0 Å². The van der Waals surface area contributed by atoms with E-state index >= 15 is 0 Å². The van der Waals surface area contributed by atoms with E-state index in [1.165, 1.54) is 5.56 Å². The summed E-state index contributed by atoms with van der Waals surface area (Å²) in [5.74, 6) is -0.0872. The maximum atomic E-state index is 13.1. The third-order valence-electron chi connectivity index (χ3n) is 5.01. The number of aryl methyl sites for hydroxylation is 1. The predicted molar refractivity (Wildman–Crippen MR) is 99.6 cm³/mol. The van der Waals surface area contributed by atoms with Crippen molar-refractivity contribution in [2.75, 3.05) is 37.7 Å². The Labute approximate surface area is 153 Å². The minimum atomic E-state index is -0.0474. The molecule has 1 fully saturated rings. The summed E-state index contributed by atoms with van der Waals surface area (Å²) in [6, 6.07) is 15.1. The Morgan fingerprint density at radius 1 is 0.846 bits per heavy atom. The number of carbonyl (C=O) groups excluding carboxylic acids is 2. The van der Waals surface area contributed by atoms with E-state index < -0.39 is 0 Å². The second-order valence-corrected chi connectivity index (χ2v) is 6.67. The molecule has 0 unspecified atom stereocenters. The Balaban J connectivity index is 1.59. The van der Waals surface area contributed by atoms with Crippen LogP contribution < -0.4 is 4.90 Å². The molecule has 2 aromatic carbocycles. The number of amides is 2. The number of hydrogen-bond donors (Lipinski definition) is 0. The molecule has 2 amide bonds. The number of hydrogen-bond acceptors (Lipinski definition) is 3. The van der Waals surface area contributed by atoms with Crippen molar-refractivity contribution in [2.24, 2.45) is 0 Å². The van der Waals surface area contributed by atoms with Crippen molar-refractivity contribution in [3.63, 3.8) is 0 Å². The first-order valence-corrected chi connectivity index (χ1v) is 9.11. The Hall–Kier alpha value is -2.66. The first-order chi connectivity index (χ1) is 12.7. The molecule has 5 nitrogen and oxygen atoms in total. The molecular weight excluding hydrogens is 328 g/mol. The SMILES string of the molecule is O=C(c1cccc(C(=O)N2CCCc3ccccc32)c1)N1CCOCC1. The molecular formula is C21H22N2O3. The third kappa shape index (κ3) is 3.22. The summed E-state index contributed by atoms with van der Waals surface area (Å²) in [5.41, 5.74) is 3.30. The van der Waals surface area contributed by atoms with Crippen molar-refractivity contribution in [3.05, 3.63) is 65.2 Å². The van der Waals surface area contributed by atoms with Crippen molar-refractivity contribution in [1.29, 1.82) is 0 Å². The molecule has 0 atom stereocenters. The predicted octanol–water partition coefficient (Wildman–Crippen LogP) is 2.75. The van der Waals surface area contributed by atoms with Gasteiger partial charge in [0.25, 0.3) is 11.8 Å². The second kappa shape index (κ2) is 7.30. The van der Waals surface area contributed by atoms with Crippen LogP contribution in [0.3, 0.4) is 0 Å². The van der Waals surface area contributed by atoms with Crippen molar-refractivity contribution < 1.29 is 14.3 Å². The van der Waals surface area contributed by atoms with E-state index in [2.05, 4.69) is 6.07 Å². The van der Waals surface area contributed by atoms with Crippen LogP contribution in [0.15, 0.2) is 48.5 Å². The maximum absolute atomic E-state index is 13.1. The lowest BCUT2D eigenvalue weighted by Gasteiger charge is -2.30. The van der Waals surface area contributed by atoms with E-state index in [-0.39, 0.29) is 11.8 Å². The van der Waals surface area contributed by atoms with Crippen LogP contribution in [0.25, 0.3) is 0 Å². The maximum Gasteiger partial charge on any atom is 0.258 e. The minimum absolute atomic E-state index is 0.0398. The van der Waals surface area contributed by atoms with Gasteiger partial charge in [-0.25, -0.2) is 0 Å². The molecule has 0 bridgehead atoms. The lowest BCUT2D eigenvalue weighted by Crippen LogP contribution is -2.40. The zero-order chi connectivity index (χ0) is 17.9. The van der Waals surface area contributed by atoms with Crippen molar-refractivity contribution in [1.82, 2.24) is 4.90 Å². The number of carbonyl (C=O) groups is 2. The molecule has 0 radical (unpaired) electrons. The molecule has 2 aromatic rings. The molecule has 5 heteroatoms. The van der Waals surface area contributed by atoms with Crippen LogP contribution in [0.2, 0.25) is 0 Å². The Morgan fingerprint density at radius 2 is 1.58 bits per heavy atom. The molecule has 0 saturated carbocycles. The topological polar surface area (TPSA) is 49.9 Å². The molecule has 0 aliphatic carbocycles. The normalized spacial score (nSPS) is 16.9. The summed E-state index contributed by atoms with van der Waals surface area (Å²) in [6.07, 6.45) is 1.95. The standard InChI is InChI=1S/C21H22N2O3/c24-20(22-11-13-26-14-12-22)17-6-3-7-18(15-17)21(25)23-10-4-8-16-5-1-2-9-19(16)23/h1-3,5-7,9,15H,4,8,10-14H2. The summed E-state index contributed by atoms with van der Waals surface area (Å²) in [6.45, 7) is 3.02. The number of rotatable bonds is 2. The van der Waals surface area contributed by atoms with Crippen LogP contribution in [0.4, 0.5) is 5.69 Å². The summed E-state index contributed by atoms with van der Waals surface area (Å²) in [5, 5.41) is 0. The van der Waals surface area contributed by atoms with Crippen molar-refractivity contribution in [2.45, 2.75) is 12.8 Å². The van der Waals surface area contributed by atoms with E-state index in [0.717, 1.165) is 18.5 Å². The number of para-hydroxylation sites is 1. The van der Waals surface area contributed by atoms with Gasteiger partial charge < -0.3 is 14.5 Å². The molecule has 2 aliphatic rings. The fourth-order valence-electron chi connectivity index (χ4n) is 3.63. The van der Waals surface area contributed by atoms with E-state index in [0.29, 0.717) is 44.0 Å². The average Bonchev–Trinajstić information content (AvgIpc) is 2.73. The van der Waals surface area contributed by atoms with Crippen molar-refractivity contribution in [3.8, 4) is 0 Å². The zero-order valence-corrected chi connectivity index (χ0v) is 14.7. The molecule has 134 valence electrons. The van der Waals surface area contributed by atoms with Gasteiger partial charge in [0.05, 0.1) is 13.2 Å². The van der Waals surface area contributed by atoms with Gasteiger partial charge in [-0.15, -0.1) is 0 Å². The van der Waals surface area contributed by atoms with Crippen LogP contribution in [-0.4, -0.2) is 49.6 Å². The van der Waals surface area contributed by atoms with Crippen molar-refractivity contribution >= 4 is 17.5 Å². The van der Waals surface area contributed by atoms with E-state index in [9.17, 15) is 9.59 Å². The minimum Gasteiger partial charge on any atom is -0.378 e. The number of anilines is 1. The molecule has 0 spiro atoms.